The number of hydrogen-bond acceptors (Lipinski definition) is 2. The average Bonchev–Trinajstić information content (AvgIpc) is 2.48. The molecule has 0 aliphatic carbocycles. The first-order valence-electron chi connectivity index (χ1n) is 6.51. The molecule has 1 unspecified atom stereocenters. The highest BCUT2D eigenvalue weighted by Crippen LogP contribution is 2.28. The Morgan fingerprint density at radius 2 is 1.85 bits per heavy atom. The van der Waals surface area contributed by atoms with Gasteiger partial charge in [0.2, 0.25) is 0 Å². The fourth-order valence-electron chi connectivity index (χ4n) is 2.46. The van der Waals surface area contributed by atoms with Crippen LogP contribution in [-0.2, 0) is 0 Å². The standard InChI is InChI=1S/C17H15FN2/c1-11-6-7-16(18)14(8-11)17(19)15-10-20-9-12-4-2-3-5-13(12)15/h2-10,17H,19H2,1H3. The van der Waals surface area contributed by atoms with E-state index in [-0.39, 0.29) is 5.82 Å². The average molecular weight is 266 g/mol. The molecule has 0 saturated heterocycles. The molecule has 3 rings (SSSR count). The topological polar surface area (TPSA) is 38.9 Å². The third-order valence-electron chi connectivity index (χ3n) is 3.52. The molecule has 0 saturated carbocycles. The van der Waals surface area contributed by atoms with Crippen molar-refractivity contribution in [3.8, 4) is 0 Å². The Balaban J connectivity index is 2.17. The maximum atomic E-state index is 14.0. The van der Waals surface area contributed by atoms with Gasteiger partial charge in [-0.05, 0) is 23.9 Å². The van der Waals surface area contributed by atoms with Crippen LogP contribution < -0.4 is 5.73 Å². The number of nitrogens with zero attached hydrogens (tertiary/aromatic N) is 1. The second-order valence-electron chi connectivity index (χ2n) is 4.95. The monoisotopic (exact) mass is 266 g/mol. The van der Waals surface area contributed by atoms with Gasteiger partial charge >= 0.3 is 0 Å². The van der Waals surface area contributed by atoms with E-state index in [1.807, 2.05) is 31.2 Å². The Bertz CT molecular complexity index is 763. The molecule has 1 aromatic heterocycles. The minimum Gasteiger partial charge on any atom is -0.320 e. The molecule has 1 heterocycles. The molecule has 0 spiro atoms. The number of aromatic nitrogens is 1. The SMILES string of the molecule is Cc1ccc(F)c(C(N)c2cncc3ccccc23)c1. The van der Waals surface area contributed by atoms with Crippen molar-refractivity contribution in [3.63, 3.8) is 0 Å². The molecule has 0 radical (unpaired) electrons. The summed E-state index contributed by atoms with van der Waals surface area (Å²) in [6.07, 6.45) is 3.51. The first kappa shape index (κ1) is 12.8. The Morgan fingerprint density at radius 3 is 2.70 bits per heavy atom. The number of halogens is 1. The van der Waals surface area contributed by atoms with Crippen LogP contribution in [0.15, 0.2) is 54.9 Å². The van der Waals surface area contributed by atoms with Gasteiger partial charge in [0, 0.05) is 23.3 Å². The number of aryl methyl sites for hydroxylation is 1. The van der Waals surface area contributed by atoms with Crippen LogP contribution in [0.4, 0.5) is 4.39 Å². The molecule has 0 amide bonds. The van der Waals surface area contributed by atoms with E-state index in [0.29, 0.717) is 5.56 Å². The largest absolute Gasteiger partial charge is 0.320 e. The summed E-state index contributed by atoms with van der Waals surface area (Å²) in [6.45, 7) is 1.93. The van der Waals surface area contributed by atoms with E-state index in [1.54, 1.807) is 24.5 Å². The zero-order chi connectivity index (χ0) is 14.1. The van der Waals surface area contributed by atoms with Gasteiger partial charge in [-0.2, -0.15) is 0 Å². The van der Waals surface area contributed by atoms with E-state index in [0.717, 1.165) is 21.9 Å². The normalized spacial score (nSPS) is 12.6. The van der Waals surface area contributed by atoms with E-state index in [1.165, 1.54) is 6.07 Å². The van der Waals surface area contributed by atoms with Crippen molar-refractivity contribution in [2.75, 3.05) is 0 Å². The molecule has 2 N–H and O–H groups in total. The second kappa shape index (κ2) is 5.02. The van der Waals surface area contributed by atoms with E-state index in [9.17, 15) is 4.39 Å². The van der Waals surface area contributed by atoms with Crippen molar-refractivity contribution in [3.05, 3.63) is 77.4 Å². The van der Waals surface area contributed by atoms with Crippen LogP contribution in [0.25, 0.3) is 10.8 Å². The number of rotatable bonds is 2. The van der Waals surface area contributed by atoms with Crippen LogP contribution in [0.5, 0.6) is 0 Å². The van der Waals surface area contributed by atoms with Gasteiger partial charge in [-0.15, -0.1) is 0 Å². The van der Waals surface area contributed by atoms with Gasteiger partial charge in [0.1, 0.15) is 5.82 Å². The number of hydrogen-bond donors (Lipinski definition) is 1. The summed E-state index contributed by atoms with van der Waals surface area (Å²) in [6, 6.07) is 12.3. The number of nitrogens with two attached hydrogens (primary N) is 1. The molecule has 0 bridgehead atoms. The van der Waals surface area contributed by atoms with Gasteiger partial charge in [0.25, 0.3) is 0 Å². The zero-order valence-corrected chi connectivity index (χ0v) is 11.2. The van der Waals surface area contributed by atoms with Crippen LogP contribution >= 0.6 is 0 Å². The molecule has 3 heteroatoms. The molecular weight excluding hydrogens is 251 g/mol. The Labute approximate surface area is 117 Å². The first-order chi connectivity index (χ1) is 9.66. The molecule has 1 atom stereocenters. The number of pyridine rings is 1. The Kier molecular flexibility index (Phi) is 3.20. The molecule has 0 fully saturated rings. The second-order valence-corrected chi connectivity index (χ2v) is 4.95. The van der Waals surface area contributed by atoms with Crippen molar-refractivity contribution in [1.82, 2.24) is 4.98 Å². The lowest BCUT2D eigenvalue weighted by molar-refractivity contribution is 0.599. The third-order valence-corrected chi connectivity index (χ3v) is 3.52. The van der Waals surface area contributed by atoms with E-state index in [4.69, 9.17) is 5.73 Å². The van der Waals surface area contributed by atoms with Crippen molar-refractivity contribution < 1.29 is 4.39 Å². The number of benzene rings is 2. The minimum atomic E-state index is -0.520. The third kappa shape index (κ3) is 2.17. The smallest absolute Gasteiger partial charge is 0.128 e. The fraction of sp³-hybridized carbons (Fsp3) is 0.118. The maximum Gasteiger partial charge on any atom is 0.128 e. The van der Waals surface area contributed by atoms with E-state index in [2.05, 4.69) is 4.98 Å². The van der Waals surface area contributed by atoms with Crippen molar-refractivity contribution in [1.29, 1.82) is 0 Å². The maximum absolute atomic E-state index is 14.0. The van der Waals surface area contributed by atoms with Crippen molar-refractivity contribution in [2.24, 2.45) is 5.73 Å². The molecule has 0 aliphatic rings. The van der Waals surface area contributed by atoms with Gasteiger partial charge in [0.05, 0.1) is 6.04 Å². The molecule has 2 nitrogen and oxygen atoms in total. The first-order valence-corrected chi connectivity index (χ1v) is 6.51. The van der Waals surface area contributed by atoms with Crippen molar-refractivity contribution >= 4 is 10.8 Å². The van der Waals surface area contributed by atoms with Crippen molar-refractivity contribution in [2.45, 2.75) is 13.0 Å². The lowest BCUT2D eigenvalue weighted by Crippen LogP contribution is -2.14. The highest BCUT2D eigenvalue weighted by atomic mass is 19.1. The van der Waals surface area contributed by atoms with Crippen LogP contribution in [0.1, 0.15) is 22.7 Å². The Morgan fingerprint density at radius 1 is 1.05 bits per heavy atom. The van der Waals surface area contributed by atoms with E-state index < -0.39 is 6.04 Å². The summed E-state index contributed by atoms with van der Waals surface area (Å²) < 4.78 is 14.0. The van der Waals surface area contributed by atoms with Crippen LogP contribution in [0, 0.1) is 12.7 Å². The zero-order valence-electron chi connectivity index (χ0n) is 11.2. The van der Waals surface area contributed by atoms with Crippen LogP contribution in [-0.4, -0.2) is 4.98 Å². The summed E-state index contributed by atoms with van der Waals surface area (Å²) >= 11 is 0. The highest BCUT2D eigenvalue weighted by Gasteiger charge is 2.16. The summed E-state index contributed by atoms with van der Waals surface area (Å²) in [7, 11) is 0. The highest BCUT2D eigenvalue weighted by molar-refractivity contribution is 5.85. The number of fused-ring (bicyclic) bond motifs is 1. The molecule has 0 aliphatic heterocycles. The van der Waals surface area contributed by atoms with Crippen LogP contribution in [0.3, 0.4) is 0 Å². The van der Waals surface area contributed by atoms with E-state index >= 15 is 0 Å². The lowest BCUT2D eigenvalue weighted by atomic mass is 9.95. The van der Waals surface area contributed by atoms with Gasteiger partial charge in [0.15, 0.2) is 0 Å². The van der Waals surface area contributed by atoms with Gasteiger partial charge in [-0.1, -0.05) is 42.0 Å². The summed E-state index contributed by atoms with van der Waals surface area (Å²) in [4.78, 5) is 4.21. The molecular formula is C17H15FN2. The summed E-state index contributed by atoms with van der Waals surface area (Å²) in [5.41, 5.74) is 8.61. The summed E-state index contributed by atoms with van der Waals surface area (Å²) in [5, 5.41) is 2.02. The van der Waals surface area contributed by atoms with Gasteiger partial charge in [-0.3, -0.25) is 4.98 Å². The predicted molar refractivity (Wildman–Crippen MR) is 78.9 cm³/mol. The van der Waals surface area contributed by atoms with Gasteiger partial charge in [-0.25, -0.2) is 4.39 Å². The quantitative estimate of drug-likeness (QED) is 0.767. The molecule has 20 heavy (non-hydrogen) atoms. The predicted octanol–water partition coefficient (Wildman–Crippen LogP) is 3.73. The van der Waals surface area contributed by atoms with Gasteiger partial charge < -0.3 is 5.73 Å². The minimum absolute atomic E-state index is 0.281. The molecule has 3 aromatic rings. The van der Waals surface area contributed by atoms with Crippen LogP contribution in [0.2, 0.25) is 0 Å². The fourth-order valence-corrected chi connectivity index (χ4v) is 2.46. The Hall–Kier alpha value is -2.26. The molecule has 100 valence electrons. The summed E-state index contributed by atoms with van der Waals surface area (Å²) in [5.74, 6) is -0.281. The lowest BCUT2D eigenvalue weighted by Gasteiger charge is -2.16. The molecule has 2 aromatic carbocycles.